The molecule has 11 heteroatoms. The second kappa shape index (κ2) is 7.50. The van der Waals surface area contributed by atoms with E-state index in [1.807, 2.05) is 0 Å². The van der Waals surface area contributed by atoms with Crippen molar-refractivity contribution in [3.05, 3.63) is 63.2 Å². The van der Waals surface area contributed by atoms with Crippen molar-refractivity contribution in [2.24, 2.45) is 0 Å². The Morgan fingerprint density at radius 3 is 2.13 bits per heavy atom. The van der Waals surface area contributed by atoms with Crippen molar-refractivity contribution in [2.45, 2.75) is 31.7 Å². The van der Waals surface area contributed by atoms with Gasteiger partial charge in [0, 0.05) is 16.3 Å². The van der Waals surface area contributed by atoms with E-state index in [4.69, 9.17) is 11.6 Å². The molecule has 2 aromatic carbocycles. The van der Waals surface area contributed by atoms with Gasteiger partial charge in [0.2, 0.25) is 5.91 Å². The molecule has 0 spiro atoms. The normalized spacial score (nSPS) is 16.7. The molecule has 1 unspecified atom stereocenters. The Morgan fingerprint density at radius 1 is 1.03 bits per heavy atom. The number of alkyl halides is 6. The lowest BCUT2D eigenvalue weighted by Gasteiger charge is -2.27. The highest BCUT2D eigenvalue weighted by Crippen LogP contribution is 2.37. The highest BCUT2D eigenvalue weighted by atomic mass is 35.5. The summed E-state index contributed by atoms with van der Waals surface area (Å²) in [5, 5.41) is 5.24. The van der Waals surface area contributed by atoms with E-state index in [-0.39, 0.29) is 12.5 Å². The smallest absolute Gasteiger partial charge is 0.345 e. The first-order chi connectivity index (χ1) is 13.8. The topological polar surface area (TPSA) is 58.2 Å². The summed E-state index contributed by atoms with van der Waals surface area (Å²) < 4.78 is 78.1. The van der Waals surface area contributed by atoms with Gasteiger partial charge in [0.1, 0.15) is 0 Å². The zero-order chi connectivity index (χ0) is 22.4. The van der Waals surface area contributed by atoms with Crippen LogP contribution < -0.4 is 10.6 Å². The quantitative estimate of drug-likeness (QED) is 0.594. The van der Waals surface area contributed by atoms with Crippen molar-refractivity contribution >= 4 is 29.1 Å². The number of hydrogen-bond acceptors (Lipinski definition) is 2. The number of carbonyl (C=O) groups excluding carboxylic acids is 2. The van der Waals surface area contributed by atoms with E-state index in [1.165, 1.54) is 6.07 Å². The Balaban J connectivity index is 1.99. The van der Waals surface area contributed by atoms with Crippen molar-refractivity contribution in [1.29, 1.82) is 0 Å². The molecular formula is C19H13ClF6N2O2. The lowest BCUT2D eigenvalue weighted by Crippen LogP contribution is -2.35. The number of aryl methyl sites for hydroxylation is 1. The molecule has 0 fully saturated rings. The van der Waals surface area contributed by atoms with E-state index in [1.54, 1.807) is 13.0 Å². The molecule has 160 valence electrons. The van der Waals surface area contributed by atoms with Crippen LogP contribution in [0.25, 0.3) is 0 Å². The van der Waals surface area contributed by atoms with Crippen LogP contribution in [0.15, 0.2) is 30.3 Å². The van der Waals surface area contributed by atoms with Gasteiger partial charge < -0.3 is 10.6 Å². The minimum atomic E-state index is -5.08. The second-order valence-electron chi connectivity index (χ2n) is 6.76. The number of carbonyl (C=O) groups is 2. The SMILES string of the molecule is Cc1cc2c(cc1Cl)C(NC(=O)c1cc(C(F)(F)F)cc(C(F)(F)F)c1)CC(=O)N2. The van der Waals surface area contributed by atoms with Gasteiger partial charge in [-0.25, -0.2) is 0 Å². The largest absolute Gasteiger partial charge is 0.416 e. The molecule has 2 amide bonds. The minimum absolute atomic E-state index is 0.0668. The van der Waals surface area contributed by atoms with Gasteiger partial charge in [-0.3, -0.25) is 9.59 Å². The Hall–Kier alpha value is -2.75. The molecule has 0 radical (unpaired) electrons. The molecule has 3 rings (SSSR count). The Labute approximate surface area is 171 Å². The molecule has 2 N–H and O–H groups in total. The number of amides is 2. The highest BCUT2D eigenvalue weighted by Gasteiger charge is 2.38. The molecule has 1 aliphatic rings. The number of nitrogens with one attached hydrogen (secondary N) is 2. The van der Waals surface area contributed by atoms with Gasteiger partial charge in [-0.15, -0.1) is 0 Å². The standard InChI is InChI=1S/C19H13ClF6N2O2/c1-8-2-14-12(6-13(8)20)15(7-16(29)27-14)28-17(30)9-3-10(18(21,22)23)5-11(4-9)19(24,25)26/h2-6,15H,7H2,1H3,(H,27,29)(H,28,30). The third-order valence-corrected chi connectivity index (χ3v) is 4.93. The van der Waals surface area contributed by atoms with Crippen LogP contribution in [-0.2, 0) is 17.1 Å². The summed E-state index contributed by atoms with van der Waals surface area (Å²) in [5.74, 6) is -1.66. The molecule has 0 aromatic heterocycles. The van der Waals surface area contributed by atoms with Gasteiger partial charge in [-0.2, -0.15) is 26.3 Å². The van der Waals surface area contributed by atoms with Crippen molar-refractivity contribution in [3.8, 4) is 0 Å². The van der Waals surface area contributed by atoms with Crippen LogP contribution in [-0.4, -0.2) is 11.8 Å². The number of anilines is 1. The fourth-order valence-corrected chi connectivity index (χ4v) is 3.22. The lowest BCUT2D eigenvalue weighted by molar-refractivity contribution is -0.143. The van der Waals surface area contributed by atoms with E-state index in [2.05, 4.69) is 10.6 Å². The average molecular weight is 451 g/mol. The summed E-state index contributed by atoms with van der Waals surface area (Å²) in [6.45, 7) is 1.68. The number of benzene rings is 2. The molecule has 4 nitrogen and oxygen atoms in total. The molecule has 0 saturated heterocycles. The summed E-state index contributed by atoms with van der Waals surface area (Å²) in [7, 11) is 0. The van der Waals surface area contributed by atoms with Crippen molar-refractivity contribution in [2.75, 3.05) is 5.32 Å². The summed E-state index contributed by atoms with van der Waals surface area (Å²) in [6.07, 6.45) is -10.4. The van der Waals surface area contributed by atoms with Gasteiger partial charge in [0.15, 0.2) is 0 Å². The Morgan fingerprint density at radius 2 is 1.60 bits per heavy atom. The molecule has 1 atom stereocenters. The van der Waals surface area contributed by atoms with Gasteiger partial charge >= 0.3 is 12.4 Å². The maximum atomic E-state index is 13.0. The number of fused-ring (bicyclic) bond motifs is 1. The monoisotopic (exact) mass is 450 g/mol. The van der Waals surface area contributed by atoms with Crippen LogP contribution in [0.5, 0.6) is 0 Å². The Bertz CT molecular complexity index is 1000. The molecule has 1 heterocycles. The number of rotatable bonds is 2. The van der Waals surface area contributed by atoms with Crippen LogP contribution >= 0.6 is 11.6 Å². The van der Waals surface area contributed by atoms with Crippen LogP contribution in [0, 0.1) is 6.92 Å². The second-order valence-corrected chi connectivity index (χ2v) is 7.17. The van der Waals surface area contributed by atoms with Crippen LogP contribution in [0.2, 0.25) is 5.02 Å². The van der Waals surface area contributed by atoms with E-state index in [0.29, 0.717) is 34.0 Å². The van der Waals surface area contributed by atoms with Crippen LogP contribution in [0.3, 0.4) is 0 Å². The molecule has 0 saturated carbocycles. The van der Waals surface area contributed by atoms with E-state index in [9.17, 15) is 35.9 Å². The predicted molar refractivity (Wildman–Crippen MR) is 96.1 cm³/mol. The highest BCUT2D eigenvalue weighted by molar-refractivity contribution is 6.31. The van der Waals surface area contributed by atoms with E-state index >= 15 is 0 Å². The van der Waals surface area contributed by atoms with Crippen molar-refractivity contribution in [3.63, 3.8) is 0 Å². The molecule has 30 heavy (non-hydrogen) atoms. The summed E-state index contributed by atoms with van der Waals surface area (Å²) in [5.41, 5.74) is -2.68. The molecule has 1 aliphatic heterocycles. The van der Waals surface area contributed by atoms with Gasteiger partial charge in [0.25, 0.3) is 5.91 Å². The summed E-state index contributed by atoms with van der Waals surface area (Å²) in [6, 6.07) is 2.64. The molecule has 0 aliphatic carbocycles. The minimum Gasteiger partial charge on any atom is -0.345 e. The van der Waals surface area contributed by atoms with Crippen molar-refractivity contribution in [1.82, 2.24) is 5.32 Å². The average Bonchev–Trinajstić information content (AvgIpc) is 2.61. The number of hydrogen-bond donors (Lipinski definition) is 2. The first kappa shape index (κ1) is 21.9. The molecular weight excluding hydrogens is 438 g/mol. The number of halogens is 7. The fraction of sp³-hybridized carbons (Fsp3) is 0.263. The lowest BCUT2D eigenvalue weighted by atomic mass is 9.95. The van der Waals surface area contributed by atoms with Crippen LogP contribution in [0.1, 0.15) is 45.1 Å². The van der Waals surface area contributed by atoms with E-state index in [0.717, 1.165) is 0 Å². The third-order valence-electron chi connectivity index (χ3n) is 4.52. The zero-order valence-electron chi connectivity index (χ0n) is 15.1. The maximum absolute atomic E-state index is 13.0. The third kappa shape index (κ3) is 4.53. The van der Waals surface area contributed by atoms with E-state index < -0.39 is 46.9 Å². The van der Waals surface area contributed by atoms with Crippen molar-refractivity contribution < 1.29 is 35.9 Å². The van der Waals surface area contributed by atoms with Gasteiger partial charge in [0.05, 0.1) is 23.6 Å². The van der Waals surface area contributed by atoms with Gasteiger partial charge in [-0.05, 0) is 48.4 Å². The van der Waals surface area contributed by atoms with Crippen LogP contribution in [0.4, 0.5) is 32.0 Å². The Kier molecular flexibility index (Phi) is 5.48. The van der Waals surface area contributed by atoms with Gasteiger partial charge in [-0.1, -0.05) is 11.6 Å². The maximum Gasteiger partial charge on any atom is 0.416 e. The summed E-state index contributed by atoms with van der Waals surface area (Å²) in [4.78, 5) is 24.5. The first-order valence-corrected chi connectivity index (χ1v) is 8.83. The first-order valence-electron chi connectivity index (χ1n) is 8.46. The zero-order valence-corrected chi connectivity index (χ0v) is 15.9. The molecule has 0 bridgehead atoms. The predicted octanol–water partition coefficient (Wildman–Crippen LogP) is 5.50. The molecule has 2 aromatic rings. The summed E-state index contributed by atoms with van der Waals surface area (Å²) >= 11 is 6.07. The fourth-order valence-electron chi connectivity index (χ4n) is 3.05.